The SMILES string of the molecule is Cc1cccc(S(=O)(=O)Nc2ccc(C)c([N+](=O)[O-])c2)c1. The van der Waals surface area contributed by atoms with Crippen LogP contribution >= 0.6 is 0 Å². The van der Waals surface area contributed by atoms with Gasteiger partial charge in [-0.1, -0.05) is 18.2 Å². The Morgan fingerprint density at radius 3 is 2.43 bits per heavy atom. The van der Waals surface area contributed by atoms with Gasteiger partial charge in [-0.25, -0.2) is 8.42 Å². The number of nitrogens with zero attached hydrogens (tertiary/aromatic N) is 1. The molecule has 0 saturated carbocycles. The van der Waals surface area contributed by atoms with E-state index in [2.05, 4.69) is 4.72 Å². The van der Waals surface area contributed by atoms with Crippen LogP contribution in [0.3, 0.4) is 0 Å². The van der Waals surface area contributed by atoms with E-state index >= 15 is 0 Å². The quantitative estimate of drug-likeness (QED) is 0.694. The molecule has 0 heterocycles. The van der Waals surface area contributed by atoms with Gasteiger partial charge in [0.05, 0.1) is 15.5 Å². The fraction of sp³-hybridized carbons (Fsp3) is 0.143. The van der Waals surface area contributed by atoms with Gasteiger partial charge >= 0.3 is 0 Å². The summed E-state index contributed by atoms with van der Waals surface area (Å²) in [7, 11) is -3.76. The highest BCUT2D eigenvalue weighted by atomic mass is 32.2. The molecule has 0 amide bonds. The summed E-state index contributed by atoms with van der Waals surface area (Å²) in [6.07, 6.45) is 0. The lowest BCUT2D eigenvalue weighted by atomic mass is 10.2. The van der Waals surface area contributed by atoms with Crippen molar-refractivity contribution in [1.82, 2.24) is 0 Å². The van der Waals surface area contributed by atoms with Crippen molar-refractivity contribution >= 4 is 21.4 Å². The largest absolute Gasteiger partial charge is 0.279 e. The molecule has 6 nitrogen and oxygen atoms in total. The van der Waals surface area contributed by atoms with E-state index in [0.717, 1.165) is 5.56 Å². The molecule has 21 heavy (non-hydrogen) atoms. The maximum absolute atomic E-state index is 12.2. The van der Waals surface area contributed by atoms with Crippen molar-refractivity contribution in [1.29, 1.82) is 0 Å². The molecule has 0 aliphatic carbocycles. The highest BCUT2D eigenvalue weighted by Crippen LogP contribution is 2.24. The van der Waals surface area contributed by atoms with Crippen LogP contribution in [0, 0.1) is 24.0 Å². The van der Waals surface area contributed by atoms with Gasteiger partial charge in [-0.15, -0.1) is 0 Å². The first-order valence-electron chi connectivity index (χ1n) is 6.14. The third-order valence-electron chi connectivity index (χ3n) is 2.96. The molecular formula is C14H14N2O4S. The summed E-state index contributed by atoms with van der Waals surface area (Å²) >= 11 is 0. The molecule has 0 bridgehead atoms. The van der Waals surface area contributed by atoms with Crippen LogP contribution < -0.4 is 4.72 Å². The van der Waals surface area contributed by atoms with Crippen LogP contribution in [0.15, 0.2) is 47.4 Å². The van der Waals surface area contributed by atoms with E-state index in [-0.39, 0.29) is 16.3 Å². The maximum atomic E-state index is 12.2. The van der Waals surface area contributed by atoms with Crippen LogP contribution in [-0.4, -0.2) is 13.3 Å². The zero-order valence-electron chi connectivity index (χ0n) is 11.5. The highest BCUT2D eigenvalue weighted by Gasteiger charge is 2.17. The molecule has 1 N–H and O–H groups in total. The Bertz CT molecular complexity index is 800. The Morgan fingerprint density at radius 2 is 1.81 bits per heavy atom. The standard InChI is InChI=1S/C14H14N2O4S/c1-10-4-3-5-13(8-10)21(19,20)15-12-7-6-11(2)14(9-12)16(17)18/h3-9,15H,1-2H3. The molecule has 0 spiro atoms. The lowest BCUT2D eigenvalue weighted by Crippen LogP contribution is -2.13. The summed E-state index contributed by atoms with van der Waals surface area (Å²) < 4.78 is 26.8. The highest BCUT2D eigenvalue weighted by molar-refractivity contribution is 7.92. The summed E-state index contributed by atoms with van der Waals surface area (Å²) in [6.45, 7) is 3.38. The molecule has 0 aliphatic heterocycles. The van der Waals surface area contributed by atoms with Gasteiger partial charge in [-0.05, 0) is 37.6 Å². The molecule has 0 saturated heterocycles. The van der Waals surface area contributed by atoms with E-state index in [9.17, 15) is 18.5 Å². The number of hydrogen-bond donors (Lipinski definition) is 1. The molecule has 2 rings (SSSR count). The van der Waals surface area contributed by atoms with Crippen molar-refractivity contribution in [2.45, 2.75) is 18.7 Å². The number of aryl methyl sites for hydroxylation is 2. The van der Waals surface area contributed by atoms with Crippen LogP contribution in [0.4, 0.5) is 11.4 Å². The molecule has 0 aliphatic rings. The van der Waals surface area contributed by atoms with Crippen molar-refractivity contribution in [3.05, 3.63) is 63.7 Å². The summed E-state index contributed by atoms with van der Waals surface area (Å²) in [5.74, 6) is 0. The topological polar surface area (TPSA) is 89.3 Å². The number of rotatable bonds is 4. The Kier molecular flexibility index (Phi) is 3.95. The van der Waals surface area contributed by atoms with E-state index < -0.39 is 14.9 Å². The smallest absolute Gasteiger partial charge is 0.274 e. The predicted octanol–water partition coefficient (Wildman–Crippen LogP) is 3.01. The number of sulfonamides is 1. The molecule has 2 aromatic rings. The molecule has 0 radical (unpaired) electrons. The molecule has 0 unspecified atom stereocenters. The number of anilines is 1. The van der Waals surface area contributed by atoms with Crippen LogP contribution in [0.2, 0.25) is 0 Å². The summed E-state index contributed by atoms with van der Waals surface area (Å²) in [4.78, 5) is 10.5. The number of hydrogen-bond acceptors (Lipinski definition) is 4. The fourth-order valence-electron chi connectivity index (χ4n) is 1.87. The van der Waals surface area contributed by atoms with Gasteiger partial charge in [0.15, 0.2) is 0 Å². The minimum absolute atomic E-state index is 0.116. The normalized spacial score (nSPS) is 11.1. The van der Waals surface area contributed by atoms with Crippen LogP contribution in [-0.2, 0) is 10.0 Å². The zero-order chi connectivity index (χ0) is 15.6. The molecule has 7 heteroatoms. The molecule has 110 valence electrons. The maximum Gasteiger partial charge on any atom is 0.274 e. The molecule has 2 aromatic carbocycles. The number of benzene rings is 2. The summed E-state index contributed by atoms with van der Waals surface area (Å²) in [5, 5.41) is 10.9. The number of nitro groups is 1. The Hall–Kier alpha value is -2.41. The van der Waals surface area contributed by atoms with E-state index in [4.69, 9.17) is 0 Å². The Balaban J connectivity index is 2.37. The second kappa shape index (κ2) is 5.53. The lowest BCUT2D eigenvalue weighted by molar-refractivity contribution is -0.385. The Morgan fingerprint density at radius 1 is 1.10 bits per heavy atom. The van der Waals surface area contributed by atoms with E-state index in [0.29, 0.717) is 5.56 Å². The second-order valence-electron chi connectivity index (χ2n) is 4.68. The van der Waals surface area contributed by atoms with Gasteiger partial charge in [0.25, 0.3) is 15.7 Å². The van der Waals surface area contributed by atoms with E-state index in [1.807, 2.05) is 0 Å². The average Bonchev–Trinajstić information content (AvgIpc) is 2.40. The number of nitro benzene ring substituents is 1. The van der Waals surface area contributed by atoms with Gasteiger partial charge in [-0.3, -0.25) is 14.8 Å². The molecule has 0 aromatic heterocycles. The van der Waals surface area contributed by atoms with Gasteiger partial charge in [0.2, 0.25) is 0 Å². The monoisotopic (exact) mass is 306 g/mol. The average molecular weight is 306 g/mol. The summed E-state index contributed by atoms with van der Waals surface area (Å²) in [6, 6.07) is 10.6. The van der Waals surface area contributed by atoms with Crippen LogP contribution in [0.5, 0.6) is 0 Å². The molecule has 0 atom stereocenters. The van der Waals surface area contributed by atoms with Gasteiger partial charge in [0, 0.05) is 11.6 Å². The fourth-order valence-corrected chi connectivity index (χ4v) is 3.02. The molecular weight excluding hydrogens is 292 g/mol. The molecule has 0 fully saturated rings. The summed E-state index contributed by atoms with van der Waals surface area (Å²) in [5.41, 5.74) is 1.32. The lowest BCUT2D eigenvalue weighted by Gasteiger charge is -2.09. The zero-order valence-corrected chi connectivity index (χ0v) is 12.3. The minimum atomic E-state index is -3.76. The van der Waals surface area contributed by atoms with Gasteiger partial charge in [-0.2, -0.15) is 0 Å². The van der Waals surface area contributed by atoms with Gasteiger partial charge < -0.3 is 0 Å². The van der Waals surface area contributed by atoms with Crippen molar-refractivity contribution < 1.29 is 13.3 Å². The number of nitrogens with one attached hydrogen (secondary N) is 1. The third-order valence-corrected chi connectivity index (χ3v) is 4.34. The Labute approximate surface area is 122 Å². The van der Waals surface area contributed by atoms with Crippen molar-refractivity contribution in [2.24, 2.45) is 0 Å². The first-order chi connectivity index (χ1) is 9.79. The van der Waals surface area contributed by atoms with Crippen LogP contribution in [0.1, 0.15) is 11.1 Å². The second-order valence-corrected chi connectivity index (χ2v) is 6.36. The first-order valence-corrected chi connectivity index (χ1v) is 7.62. The van der Waals surface area contributed by atoms with E-state index in [1.165, 1.54) is 30.3 Å². The predicted molar refractivity (Wildman–Crippen MR) is 79.8 cm³/mol. The first kappa shape index (κ1) is 15.0. The van der Waals surface area contributed by atoms with Crippen molar-refractivity contribution in [2.75, 3.05) is 4.72 Å². The minimum Gasteiger partial charge on any atom is -0.279 e. The third kappa shape index (κ3) is 3.38. The van der Waals surface area contributed by atoms with Crippen molar-refractivity contribution in [3.63, 3.8) is 0 Å². The van der Waals surface area contributed by atoms with Gasteiger partial charge in [0.1, 0.15) is 0 Å². The van der Waals surface area contributed by atoms with Crippen LogP contribution in [0.25, 0.3) is 0 Å². The van der Waals surface area contributed by atoms with E-state index in [1.54, 1.807) is 26.0 Å². The van der Waals surface area contributed by atoms with Crippen molar-refractivity contribution in [3.8, 4) is 0 Å².